The van der Waals surface area contributed by atoms with Crippen molar-refractivity contribution in [1.29, 1.82) is 0 Å². The second kappa shape index (κ2) is 12.8. The Labute approximate surface area is 174 Å². The molecule has 0 unspecified atom stereocenters. The number of hydrogen-bond donors (Lipinski definition) is 1. The summed E-state index contributed by atoms with van der Waals surface area (Å²) in [5.74, 6) is 0.544. The second-order valence-electron chi connectivity index (χ2n) is 7.44. The van der Waals surface area contributed by atoms with Crippen molar-refractivity contribution in [2.24, 2.45) is 0 Å². The van der Waals surface area contributed by atoms with Crippen molar-refractivity contribution in [1.82, 2.24) is 0 Å². The summed E-state index contributed by atoms with van der Waals surface area (Å²) in [5, 5.41) is 2.83. The molecule has 1 N–H and O–H groups in total. The molecule has 0 fully saturated rings. The minimum atomic E-state index is -0.208. The first-order chi connectivity index (χ1) is 14.1. The molecule has 0 radical (unpaired) electrons. The van der Waals surface area contributed by atoms with Gasteiger partial charge >= 0.3 is 0 Å². The quantitative estimate of drug-likeness (QED) is 0.305. The summed E-state index contributed by atoms with van der Waals surface area (Å²) in [4.78, 5) is 23.9. The molecule has 4 nitrogen and oxygen atoms in total. The van der Waals surface area contributed by atoms with Crippen molar-refractivity contribution >= 4 is 17.4 Å². The molecule has 2 rings (SSSR count). The summed E-state index contributed by atoms with van der Waals surface area (Å²) in [5.41, 5.74) is 1.74. The van der Waals surface area contributed by atoms with E-state index in [9.17, 15) is 9.59 Å². The Bertz CT molecular complexity index is 768. The Morgan fingerprint density at radius 1 is 0.828 bits per heavy atom. The van der Waals surface area contributed by atoms with Crippen molar-refractivity contribution in [3.63, 3.8) is 0 Å². The van der Waals surface area contributed by atoms with Crippen LogP contribution in [-0.2, 0) is 0 Å². The van der Waals surface area contributed by atoms with E-state index in [-0.39, 0.29) is 11.7 Å². The number of rotatable bonds is 13. The maximum Gasteiger partial charge on any atom is 0.255 e. The van der Waals surface area contributed by atoms with Crippen LogP contribution in [-0.4, -0.2) is 18.3 Å². The van der Waals surface area contributed by atoms with Crippen LogP contribution in [0.4, 0.5) is 5.69 Å². The number of Topliss-reactive ketones (excluding diaryl/α,β-unsaturated/α-hetero) is 1. The van der Waals surface area contributed by atoms with Crippen LogP contribution in [0.15, 0.2) is 48.5 Å². The summed E-state index contributed by atoms with van der Waals surface area (Å²) in [7, 11) is 0. The van der Waals surface area contributed by atoms with E-state index in [1.165, 1.54) is 51.9 Å². The van der Waals surface area contributed by atoms with E-state index in [0.29, 0.717) is 23.4 Å². The van der Waals surface area contributed by atoms with E-state index in [0.717, 1.165) is 12.2 Å². The monoisotopic (exact) mass is 395 g/mol. The lowest BCUT2D eigenvalue weighted by Crippen LogP contribution is -2.12. The topological polar surface area (TPSA) is 55.4 Å². The summed E-state index contributed by atoms with van der Waals surface area (Å²) < 4.78 is 5.78. The summed E-state index contributed by atoms with van der Waals surface area (Å²) in [6.45, 7) is 4.45. The van der Waals surface area contributed by atoms with Crippen molar-refractivity contribution in [2.45, 2.75) is 65.2 Å². The van der Waals surface area contributed by atoms with E-state index in [4.69, 9.17) is 4.74 Å². The number of unbranched alkanes of at least 4 members (excludes halogenated alkanes) is 7. The molecule has 0 aromatic heterocycles. The number of nitrogens with one attached hydrogen (secondary N) is 1. The van der Waals surface area contributed by atoms with Crippen LogP contribution in [0.2, 0.25) is 0 Å². The maximum atomic E-state index is 12.4. The van der Waals surface area contributed by atoms with Gasteiger partial charge in [0.05, 0.1) is 6.61 Å². The standard InChI is InChI=1S/C25H33NO3/c1-3-4-5-6-7-8-9-10-18-29-24-16-14-21(15-17-24)25(28)26-23-13-11-12-22(19-23)20(2)27/h11-17,19H,3-10,18H2,1-2H3,(H,26,28). The number of anilines is 1. The van der Waals surface area contributed by atoms with Gasteiger partial charge in [-0.3, -0.25) is 9.59 Å². The van der Waals surface area contributed by atoms with Crippen molar-refractivity contribution in [3.05, 3.63) is 59.7 Å². The molecular formula is C25H33NO3. The van der Waals surface area contributed by atoms with Crippen LogP contribution in [0.25, 0.3) is 0 Å². The Morgan fingerprint density at radius 2 is 1.48 bits per heavy atom. The van der Waals surface area contributed by atoms with Crippen molar-refractivity contribution in [3.8, 4) is 5.75 Å². The zero-order valence-corrected chi connectivity index (χ0v) is 17.7. The SMILES string of the molecule is CCCCCCCCCCOc1ccc(C(=O)Nc2cccc(C(C)=O)c2)cc1. The average molecular weight is 396 g/mol. The van der Waals surface area contributed by atoms with Gasteiger partial charge in [0.1, 0.15) is 5.75 Å². The van der Waals surface area contributed by atoms with Crippen molar-refractivity contribution in [2.75, 3.05) is 11.9 Å². The lowest BCUT2D eigenvalue weighted by Gasteiger charge is -2.09. The molecule has 0 spiro atoms. The van der Waals surface area contributed by atoms with Gasteiger partial charge in [0.25, 0.3) is 5.91 Å². The van der Waals surface area contributed by atoms with Gasteiger partial charge in [-0.15, -0.1) is 0 Å². The highest BCUT2D eigenvalue weighted by molar-refractivity contribution is 6.05. The van der Waals surface area contributed by atoms with Crippen molar-refractivity contribution < 1.29 is 14.3 Å². The van der Waals surface area contributed by atoms with E-state index < -0.39 is 0 Å². The van der Waals surface area contributed by atoms with E-state index in [2.05, 4.69) is 12.2 Å². The van der Waals surface area contributed by atoms with E-state index in [1.54, 1.807) is 36.4 Å². The molecule has 2 aromatic carbocycles. The molecule has 4 heteroatoms. The molecular weight excluding hydrogens is 362 g/mol. The molecule has 0 atom stereocenters. The third-order valence-corrected chi connectivity index (χ3v) is 4.91. The number of benzene rings is 2. The molecule has 0 heterocycles. The average Bonchev–Trinajstić information content (AvgIpc) is 2.73. The maximum absolute atomic E-state index is 12.4. The van der Waals surface area contributed by atoms with Gasteiger partial charge in [0, 0.05) is 16.8 Å². The second-order valence-corrected chi connectivity index (χ2v) is 7.44. The number of carbonyl (C=O) groups is 2. The van der Waals surface area contributed by atoms with Gasteiger partial charge in [-0.1, -0.05) is 64.0 Å². The first-order valence-electron chi connectivity index (χ1n) is 10.8. The fourth-order valence-electron chi connectivity index (χ4n) is 3.15. The smallest absolute Gasteiger partial charge is 0.255 e. The summed E-state index contributed by atoms with van der Waals surface area (Å²) in [6, 6.07) is 14.1. The third-order valence-electron chi connectivity index (χ3n) is 4.91. The molecule has 29 heavy (non-hydrogen) atoms. The fourth-order valence-corrected chi connectivity index (χ4v) is 3.15. The fraction of sp³-hybridized carbons (Fsp3) is 0.440. The summed E-state index contributed by atoms with van der Waals surface area (Å²) in [6.07, 6.45) is 10.2. The molecule has 0 bridgehead atoms. The highest BCUT2D eigenvalue weighted by atomic mass is 16.5. The molecule has 2 aromatic rings. The number of hydrogen-bond acceptors (Lipinski definition) is 3. The molecule has 156 valence electrons. The van der Waals surface area contributed by atoms with Gasteiger partial charge in [-0.05, 0) is 49.7 Å². The first-order valence-corrected chi connectivity index (χ1v) is 10.8. The van der Waals surface area contributed by atoms with Crippen LogP contribution in [0.3, 0.4) is 0 Å². The lowest BCUT2D eigenvalue weighted by molar-refractivity contribution is 0.101. The highest BCUT2D eigenvalue weighted by Gasteiger charge is 2.08. The number of carbonyl (C=O) groups excluding carboxylic acids is 2. The number of amides is 1. The van der Waals surface area contributed by atoms with E-state index in [1.807, 2.05) is 12.1 Å². The van der Waals surface area contributed by atoms with Gasteiger partial charge in [-0.25, -0.2) is 0 Å². The Kier molecular flexibility index (Phi) is 9.98. The Hall–Kier alpha value is -2.62. The minimum Gasteiger partial charge on any atom is -0.494 e. The predicted octanol–water partition coefficient (Wildman–Crippen LogP) is 6.66. The Morgan fingerprint density at radius 3 is 2.14 bits per heavy atom. The first kappa shape index (κ1) is 22.7. The van der Waals surface area contributed by atoms with Gasteiger partial charge in [-0.2, -0.15) is 0 Å². The normalized spacial score (nSPS) is 10.6. The zero-order valence-electron chi connectivity index (χ0n) is 17.7. The number of ether oxygens (including phenoxy) is 1. The molecule has 1 amide bonds. The van der Waals surface area contributed by atoms with Gasteiger partial charge in [0.15, 0.2) is 5.78 Å². The third kappa shape index (κ3) is 8.51. The number of ketones is 1. The predicted molar refractivity (Wildman–Crippen MR) is 119 cm³/mol. The molecule has 0 saturated carbocycles. The van der Waals surface area contributed by atoms with Crippen LogP contribution in [0.1, 0.15) is 85.9 Å². The van der Waals surface area contributed by atoms with Crippen LogP contribution >= 0.6 is 0 Å². The van der Waals surface area contributed by atoms with Gasteiger partial charge in [0.2, 0.25) is 0 Å². The summed E-state index contributed by atoms with van der Waals surface area (Å²) >= 11 is 0. The molecule has 0 aliphatic heterocycles. The minimum absolute atomic E-state index is 0.0286. The molecule has 0 saturated heterocycles. The van der Waals surface area contributed by atoms with Gasteiger partial charge < -0.3 is 10.1 Å². The van der Waals surface area contributed by atoms with Crippen LogP contribution in [0.5, 0.6) is 5.75 Å². The largest absolute Gasteiger partial charge is 0.494 e. The molecule has 0 aliphatic carbocycles. The van der Waals surface area contributed by atoms with Crippen LogP contribution in [0, 0.1) is 0 Å². The highest BCUT2D eigenvalue weighted by Crippen LogP contribution is 2.16. The zero-order chi connectivity index (χ0) is 20.9. The molecule has 0 aliphatic rings. The van der Waals surface area contributed by atoms with Crippen LogP contribution < -0.4 is 10.1 Å². The lowest BCUT2D eigenvalue weighted by atomic mass is 10.1. The van der Waals surface area contributed by atoms with E-state index >= 15 is 0 Å². The Balaban J connectivity index is 1.70.